The van der Waals surface area contributed by atoms with Gasteiger partial charge in [-0.25, -0.2) is 4.79 Å². The Bertz CT molecular complexity index is 695. The summed E-state index contributed by atoms with van der Waals surface area (Å²) in [6, 6.07) is 5.25. The molecule has 1 saturated heterocycles. The van der Waals surface area contributed by atoms with Crippen molar-refractivity contribution in [1.29, 1.82) is 0 Å². The molecule has 7 nitrogen and oxygen atoms in total. The number of esters is 1. The van der Waals surface area contributed by atoms with Crippen LogP contribution in [0, 0.1) is 0 Å². The van der Waals surface area contributed by atoms with Crippen LogP contribution in [-0.2, 0) is 19.6 Å². The number of benzene rings is 1. The average molecular weight is 328 g/mol. The molecular formula is C12H12N2O5S2. The number of rotatable bonds is 4. The van der Waals surface area contributed by atoms with Gasteiger partial charge in [-0.15, -0.1) is 4.40 Å². The van der Waals surface area contributed by atoms with Crippen LogP contribution >= 0.6 is 11.8 Å². The first kappa shape index (κ1) is 15.5. The Morgan fingerprint density at radius 3 is 2.57 bits per heavy atom. The van der Waals surface area contributed by atoms with Gasteiger partial charge in [0.25, 0.3) is 10.0 Å². The van der Waals surface area contributed by atoms with Crippen molar-refractivity contribution in [2.75, 3.05) is 12.4 Å². The molecule has 1 heterocycles. The molecule has 1 amide bonds. The fraction of sp³-hybridized carbons (Fsp3) is 0.250. The van der Waals surface area contributed by atoms with E-state index in [1.54, 1.807) is 6.92 Å². The third-order valence-electron chi connectivity index (χ3n) is 2.45. The van der Waals surface area contributed by atoms with E-state index in [0.29, 0.717) is 0 Å². The molecule has 2 rings (SSSR count). The SMILES string of the molecule is CCOC(=O)c1ccc(S(=O)(=O)/N=C2/NC(=O)CS2)cc1. The van der Waals surface area contributed by atoms with E-state index in [1.807, 2.05) is 0 Å². The first-order chi connectivity index (χ1) is 9.92. The number of sulfonamides is 1. The van der Waals surface area contributed by atoms with Gasteiger partial charge in [-0.2, -0.15) is 8.42 Å². The number of amides is 1. The maximum Gasteiger partial charge on any atom is 0.338 e. The van der Waals surface area contributed by atoms with Gasteiger partial charge < -0.3 is 10.1 Å². The molecule has 1 aliphatic heterocycles. The predicted molar refractivity (Wildman–Crippen MR) is 77.6 cm³/mol. The molecule has 0 atom stereocenters. The lowest BCUT2D eigenvalue weighted by molar-refractivity contribution is -0.116. The smallest absolute Gasteiger partial charge is 0.338 e. The van der Waals surface area contributed by atoms with Gasteiger partial charge in [-0.3, -0.25) is 4.79 Å². The van der Waals surface area contributed by atoms with Crippen molar-refractivity contribution < 1.29 is 22.7 Å². The second kappa shape index (κ2) is 6.27. The van der Waals surface area contributed by atoms with Crippen molar-refractivity contribution in [3.05, 3.63) is 29.8 Å². The van der Waals surface area contributed by atoms with Crippen molar-refractivity contribution in [3.63, 3.8) is 0 Å². The molecule has 1 aromatic rings. The largest absolute Gasteiger partial charge is 0.462 e. The Labute approximate surface area is 125 Å². The number of nitrogens with one attached hydrogen (secondary N) is 1. The molecule has 0 radical (unpaired) electrons. The summed E-state index contributed by atoms with van der Waals surface area (Å²) < 4.78 is 32.4. The summed E-state index contributed by atoms with van der Waals surface area (Å²) in [5, 5.41) is 2.40. The number of amidine groups is 1. The topological polar surface area (TPSA) is 102 Å². The van der Waals surface area contributed by atoms with E-state index in [1.165, 1.54) is 24.3 Å². The molecule has 112 valence electrons. The van der Waals surface area contributed by atoms with Crippen LogP contribution in [0.15, 0.2) is 33.6 Å². The summed E-state index contributed by atoms with van der Waals surface area (Å²) in [5.41, 5.74) is 0.256. The van der Waals surface area contributed by atoms with Gasteiger partial charge in [0.1, 0.15) is 0 Å². The van der Waals surface area contributed by atoms with Gasteiger partial charge in [-0.1, -0.05) is 11.8 Å². The minimum absolute atomic E-state index is 0.0504. The molecule has 0 saturated carbocycles. The fourth-order valence-corrected chi connectivity index (χ4v) is 3.39. The number of hydrogen-bond acceptors (Lipinski definition) is 6. The first-order valence-electron chi connectivity index (χ1n) is 5.97. The van der Waals surface area contributed by atoms with Crippen molar-refractivity contribution in [2.24, 2.45) is 4.40 Å². The maximum absolute atomic E-state index is 12.0. The summed E-state index contributed by atoms with van der Waals surface area (Å²) >= 11 is 1.02. The summed E-state index contributed by atoms with van der Waals surface area (Å²) in [7, 11) is -3.92. The summed E-state index contributed by atoms with van der Waals surface area (Å²) in [5.74, 6) is -0.658. The van der Waals surface area contributed by atoms with Crippen LogP contribution in [-0.4, -0.2) is 37.8 Å². The quantitative estimate of drug-likeness (QED) is 0.819. The van der Waals surface area contributed by atoms with Crippen molar-refractivity contribution in [3.8, 4) is 0 Å². The molecular weight excluding hydrogens is 316 g/mol. The van der Waals surface area contributed by atoms with Crippen molar-refractivity contribution in [1.82, 2.24) is 5.32 Å². The molecule has 1 aliphatic rings. The second-order valence-corrected chi connectivity index (χ2v) is 6.52. The van der Waals surface area contributed by atoms with Gasteiger partial charge in [0, 0.05) is 0 Å². The number of carbonyl (C=O) groups excluding carboxylic acids is 2. The lowest BCUT2D eigenvalue weighted by Crippen LogP contribution is -2.21. The molecule has 9 heteroatoms. The molecule has 21 heavy (non-hydrogen) atoms. The van der Waals surface area contributed by atoms with E-state index in [9.17, 15) is 18.0 Å². The van der Waals surface area contributed by atoms with Crippen LogP contribution in [0.1, 0.15) is 17.3 Å². The standard InChI is InChI=1S/C12H12N2O5S2/c1-2-19-11(16)8-3-5-9(6-4-8)21(17,18)14-12-13-10(15)7-20-12/h3-6H,2,7H2,1H3,(H,13,14,15). The first-order valence-corrected chi connectivity index (χ1v) is 8.40. The van der Waals surface area contributed by atoms with Gasteiger partial charge in [0.05, 0.1) is 22.8 Å². The van der Waals surface area contributed by atoms with Crippen molar-refractivity contribution >= 4 is 38.8 Å². The number of hydrogen-bond donors (Lipinski definition) is 1. The molecule has 0 aromatic heterocycles. The van der Waals surface area contributed by atoms with E-state index >= 15 is 0 Å². The maximum atomic E-state index is 12.0. The van der Waals surface area contributed by atoms with E-state index in [0.717, 1.165) is 11.8 Å². The summed E-state index contributed by atoms with van der Waals surface area (Å²) in [4.78, 5) is 22.4. The number of thioether (sulfide) groups is 1. The van der Waals surface area contributed by atoms with E-state index in [4.69, 9.17) is 4.74 Å². The van der Waals surface area contributed by atoms with Crippen LogP contribution in [0.3, 0.4) is 0 Å². The Kier molecular flexibility index (Phi) is 4.63. The number of carbonyl (C=O) groups is 2. The summed E-state index contributed by atoms with van der Waals surface area (Å²) in [6.45, 7) is 1.92. The van der Waals surface area contributed by atoms with Crippen molar-refractivity contribution in [2.45, 2.75) is 11.8 Å². The lowest BCUT2D eigenvalue weighted by atomic mass is 10.2. The van der Waals surface area contributed by atoms with E-state index < -0.39 is 16.0 Å². The minimum atomic E-state index is -3.92. The van der Waals surface area contributed by atoms with Gasteiger partial charge in [0.15, 0.2) is 5.17 Å². The van der Waals surface area contributed by atoms with Gasteiger partial charge in [-0.05, 0) is 31.2 Å². The normalized spacial score (nSPS) is 16.8. The highest BCUT2D eigenvalue weighted by atomic mass is 32.2. The molecule has 1 N–H and O–H groups in total. The van der Waals surface area contributed by atoms with Crippen LogP contribution < -0.4 is 5.32 Å². The zero-order chi connectivity index (χ0) is 15.5. The van der Waals surface area contributed by atoms with Crippen LogP contribution in [0.5, 0.6) is 0 Å². The molecule has 1 fully saturated rings. The Morgan fingerprint density at radius 1 is 1.38 bits per heavy atom. The zero-order valence-corrected chi connectivity index (χ0v) is 12.7. The molecule has 1 aromatic carbocycles. The molecule has 0 bridgehead atoms. The Balaban J connectivity index is 2.21. The highest BCUT2D eigenvalue weighted by Crippen LogP contribution is 2.17. The molecule has 0 aliphatic carbocycles. The van der Waals surface area contributed by atoms with Gasteiger partial charge >= 0.3 is 5.97 Å². The predicted octanol–water partition coefficient (Wildman–Crippen LogP) is 0.771. The number of nitrogens with zero attached hydrogens (tertiary/aromatic N) is 1. The zero-order valence-electron chi connectivity index (χ0n) is 11.0. The van der Waals surface area contributed by atoms with Crippen LogP contribution in [0.4, 0.5) is 0 Å². The fourth-order valence-electron chi connectivity index (χ4n) is 1.51. The Morgan fingerprint density at radius 2 is 2.05 bits per heavy atom. The van der Waals surface area contributed by atoms with Gasteiger partial charge in [0.2, 0.25) is 5.91 Å². The number of ether oxygens (including phenoxy) is 1. The minimum Gasteiger partial charge on any atom is -0.462 e. The second-order valence-electron chi connectivity index (χ2n) is 3.95. The average Bonchev–Trinajstić information content (AvgIpc) is 2.84. The van der Waals surface area contributed by atoms with E-state index in [-0.39, 0.29) is 33.9 Å². The monoisotopic (exact) mass is 328 g/mol. The lowest BCUT2D eigenvalue weighted by Gasteiger charge is -2.03. The van der Waals surface area contributed by atoms with Crippen LogP contribution in [0.25, 0.3) is 0 Å². The Hall–Kier alpha value is -1.87. The molecule has 0 spiro atoms. The highest BCUT2D eigenvalue weighted by molar-refractivity contribution is 8.15. The summed E-state index contributed by atoms with van der Waals surface area (Å²) in [6.07, 6.45) is 0. The van der Waals surface area contributed by atoms with E-state index in [2.05, 4.69) is 9.71 Å². The third-order valence-corrected chi connectivity index (χ3v) is 4.73. The highest BCUT2D eigenvalue weighted by Gasteiger charge is 2.21. The van der Waals surface area contributed by atoms with Crippen LogP contribution in [0.2, 0.25) is 0 Å². The molecule has 0 unspecified atom stereocenters. The third kappa shape index (κ3) is 3.82.